The van der Waals surface area contributed by atoms with Crippen LogP contribution in [0.4, 0.5) is 0 Å². The van der Waals surface area contributed by atoms with Crippen molar-refractivity contribution in [1.82, 2.24) is 5.43 Å². The summed E-state index contributed by atoms with van der Waals surface area (Å²) in [6.45, 7) is 0. The van der Waals surface area contributed by atoms with Crippen LogP contribution in [0.15, 0.2) is 47.6 Å². The fourth-order valence-electron chi connectivity index (χ4n) is 1.65. The maximum Gasteiger partial charge on any atom is 0.271 e. The highest BCUT2D eigenvalue weighted by Gasteiger charge is 2.04. The van der Waals surface area contributed by atoms with Crippen molar-refractivity contribution in [2.75, 3.05) is 7.11 Å². The molecule has 0 radical (unpaired) electrons. The molecule has 108 valence electrons. The van der Waals surface area contributed by atoms with Gasteiger partial charge in [0.2, 0.25) is 0 Å². The average Bonchev–Trinajstić information content (AvgIpc) is 2.47. The Labute approximate surface area is 126 Å². The Morgan fingerprint density at radius 2 is 2.14 bits per heavy atom. The van der Waals surface area contributed by atoms with Crippen LogP contribution in [0.3, 0.4) is 0 Å². The third-order valence-corrected chi connectivity index (χ3v) is 2.90. The molecule has 0 saturated carbocycles. The summed E-state index contributed by atoms with van der Waals surface area (Å²) in [4.78, 5) is 11.8. The number of phenols is 1. The van der Waals surface area contributed by atoms with Crippen molar-refractivity contribution in [3.63, 3.8) is 0 Å². The van der Waals surface area contributed by atoms with Crippen LogP contribution < -0.4 is 10.2 Å². The van der Waals surface area contributed by atoms with Crippen LogP contribution in [0.25, 0.3) is 0 Å². The monoisotopic (exact) mass is 304 g/mol. The van der Waals surface area contributed by atoms with Crippen molar-refractivity contribution in [3.05, 3.63) is 58.6 Å². The smallest absolute Gasteiger partial charge is 0.271 e. The highest BCUT2D eigenvalue weighted by atomic mass is 35.5. The number of methoxy groups -OCH3 is 1. The molecule has 5 nitrogen and oxygen atoms in total. The number of carbonyl (C=O) groups is 1. The molecule has 1 amide bonds. The summed E-state index contributed by atoms with van der Waals surface area (Å²) < 4.78 is 4.93. The van der Waals surface area contributed by atoms with Crippen LogP contribution in [-0.2, 0) is 0 Å². The number of hydrazone groups is 1. The molecule has 2 rings (SSSR count). The van der Waals surface area contributed by atoms with E-state index >= 15 is 0 Å². The first-order valence-corrected chi connectivity index (χ1v) is 6.44. The van der Waals surface area contributed by atoms with Crippen molar-refractivity contribution >= 4 is 23.7 Å². The standard InChI is InChI=1S/C15H13ClN2O3/c1-21-14-6-5-10(7-13(14)19)9-17-18-15(20)11-3-2-4-12(16)8-11/h2-9,19H,1H3,(H,18,20)/b17-9-. The zero-order valence-electron chi connectivity index (χ0n) is 11.2. The fourth-order valence-corrected chi connectivity index (χ4v) is 1.84. The number of benzene rings is 2. The van der Waals surface area contributed by atoms with Gasteiger partial charge < -0.3 is 9.84 Å². The second-order valence-electron chi connectivity index (χ2n) is 4.14. The first-order chi connectivity index (χ1) is 10.1. The molecule has 0 aliphatic rings. The van der Waals surface area contributed by atoms with Crippen LogP contribution in [0, 0.1) is 0 Å². The topological polar surface area (TPSA) is 70.9 Å². The van der Waals surface area contributed by atoms with Gasteiger partial charge in [-0.3, -0.25) is 4.79 Å². The Morgan fingerprint density at radius 1 is 1.33 bits per heavy atom. The maximum absolute atomic E-state index is 11.8. The van der Waals surface area contributed by atoms with E-state index in [-0.39, 0.29) is 11.7 Å². The molecule has 0 spiro atoms. The maximum atomic E-state index is 11.8. The van der Waals surface area contributed by atoms with E-state index in [1.807, 2.05) is 0 Å². The molecule has 0 aliphatic heterocycles. The molecule has 0 heterocycles. The minimum absolute atomic E-state index is 0.00242. The summed E-state index contributed by atoms with van der Waals surface area (Å²) in [6, 6.07) is 11.3. The lowest BCUT2D eigenvalue weighted by molar-refractivity contribution is 0.0955. The lowest BCUT2D eigenvalue weighted by atomic mass is 10.2. The van der Waals surface area contributed by atoms with E-state index in [4.69, 9.17) is 16.3 Å². The second-order valence-corrected chi connectivity index (χ2v) is 4.58. The van der Waals surface area contributed by atoms with Gasteiger partial charge >= 0.3 is 0 Å². The SMILES string of the molecule is COc1ccc(/C=N\NC(=O)c2cccc(Cl)c2)cc1O. The Kier molecular flexibility index (Phi) is 4.79. The van der Waals surface area contributed by atoms with Crippen molar-refractivity contribution in [2.45, 2.75) is 0 Å². The lowest BCUT2D eigenvalue weighted by Crippen LogP contribution is -2.17. The lowest BCUT2D eigenvalue weighted by Gasteiger charge is -2.03. The average molecular weight is 305 g/mol. The van der Waals surface area contributed by atoms with Crippen LogP contribution in [0.5, 0.6) is 11.5 Å². The molecule has 2 aromatic rings. The molecule has 0 atom stereocenters. The molecular formula is C15H13ClN2O3. The normalized spacial score (nSPS) is 10.6. The summed E-state index contributed by atoms with van der Waals surface area (Å²) in [5.41, 5.74) is 3.42. The van der Waals surface area contributed by atoms with Gasteiger partial charge in [0.1, 0.15) is 0 Å². The summed E-state index contributed by atoms with van der Waals surface area (Å²) >= 11 is 5.81. The molecule has 0 bridgehead atoms. The van der Waals surface area contributed by atoms with Crippen LogP contribution in [0.2, 0.25) is 5.02 Å². The molecule has 0 saturated heterocycles. The summed E-state index contributed by atoms with van der Waals surface area (Å²) in [5, 5.41) is 13.9. The number of hydrogen-bond donors (Lipinski definition) is 2. The van der Waals surface area contributed by atoms with E-state index in [2.05, 4.69) is 10.5 Å². The summed E-state index contributed by atoms with van der Waals surface area (Å²) in [5.74, 6) is 0.00390. The molecule has 6 heteroatoms. The zero-order valence-corrected chi connectivity index (χ0v) is 12.0. The minimum Gasteiger partial charge on any atom is -0.504 e. The van der Waals surface area contributed by atoms with Gasteiger partial charge in [0.05, 0.1) is 13.3 Å². The third kappa shape index (κ3) is 3.97. The van der Waals surface area contributed by atoms with Crippen LogP contribution >= 0.6 is 11.6 Å². The van der Waals surface area contributed by atoms with E-state index in [9.17, 15) is 9.90 Å². The van der Waals surface area contributed by atoms with Gasteiger partial charge in [0.25, 0.3) is 5.91 Å². The van der Waals surface area contributed by atoms with E-state index in [1.165, 1.54) is 19.4 Å². The number of nitrogens with zero attached hydrogens (tertiary/aromatic N) is 1. The number of amides is 1. The number of carbonyl (C=O) groups excluding carboxylic acids is 1. The van der Waals surface area contributed by atoms with Gasteiger partial charge in [0.15, 0.2) is 11.5 Å². The van der Waals surface area contributed by atoms with Gasteiger partial charge in [-0.25, -0.2) is 5.43 Å². The van der Waals surface area contributed by atoms with E-state index in [0.717, 1.165) is 0 Å². The van der Waals surface area contributed by atoms with E-state index in [1.54, 1.807) is 36.4 Å². The predicted molar refractivity (Wildman–Crippen MR) is 81.2 cm³/mol. The quantitative estimate of drug-likeness (QED) is 0.674. The van der Waals surface area contributed by atoms with Gasteiger partial charge in [-0.1, -0.05) is 17.7 Å². The van der Waals surface area contributed by atoms with Gasteiger partial charge in [-0.05, 0) is 42.0 Å². The molecule has 0 fully saturated rings. The molecule has 21 heavy (non-hydrogen) atoms. The van der Waals surface area contributed by atoms with Crippen LogP contribution in [0.1, 0.15) is 15.9 Å². The Balaban J connectivity index is 2.02. The first-order valence-electron chi connectivity index (χ1n) is 6.06. The van der Waals surface area contributed by atoms with Crippen molar-refractivity contribution in [3.8, 4) is 11.5 Å². The number of rotatable bonds is 4. The molecule has 0 aliphatic carbocycles. The number of ether oxygens (including phenoxy) is 1. The van der Waals surface area contributed by atoms with Crippen LogP contribution in [-0.4, -0.2) is 24.3 Å². The third-order valence-electron chi connectivity index (χ3n) is 2.67. The minimum atomic E-state index is -0.369. The van der Waals surface area contributed by atoms with Gasteiger partial charge in [0, 0.05) is 10.6 Å². The fraction of sp³-hybridized carbons (Fsp3) is 0.0667. The highest BCUT2D eigenvalue weighted by molar-refractivity contribution is 6.30. The molecule has 2 N–H and O–H groups in total. The number of aromatic hydroxyl groups is 1. The Hall–Kier alpha value is -2.53. The number of hydrogen-bond acceptors (Lipinski definition) is 4. The largest absolute Gasteiger partial charge is 0.504 e. The predicted octanol–water partition coefficient (Wildman–Crippen LogP) is 2.82. The Bertz CT molecular complexity index is 686. The molecule has 2 aromatic carbocycles. The number of nitrogens with one attached hydrogen (secondary N) is 1. The second kappa shape index (κ2) is 6.76. The summed E-state index contributed by atoms with van der Waals surface area (Å²) in [7, 11) is 1.47. The van der Waals surface area contributed by atoms with Gasteiger partial charge in [-0.2, -0.15) is 5.10 Å². The van der Waals surface area contributed by atoms with E-state index in [0.29, 0.717) is 21.9 Å². The first kappa shape index (κ1) is 14.9. The zero-order chi connectivity index (χ0) is 15.2. The summed E-state index contributed by atoms with van der Waals surface area (Å²) in [6.07, 6.45) is 1.42. The highest BCUT2D eigenvalue weighted by Crippen LogP contribution is 2.25. The van der Waals surface area contributed by atoms with E-state index < -0.39 is 0 Å². The number of phenolic OH excluding ortho intramolecular Hbond substituents is 1. The Morgan fingerprint density at radius 3 is 2.81 bits per heavy atom. The van der Waals surface area contributed by atoms with Gasteiger partial charge in [-0.15, -0.1) is 0 Å². The molecule has 0 aromatic heterocycles. The molecule has 0 unspecified atom stereocenters. The van der Waals surface area contributed by atoms with Crippen molar-refractivity contribution < 1.29 is 14.6 Å². The van der Waals surface area contributed by atoms with Crippen molar-refractivity contribution in [2.24, 2.45) is 5.10 Å². The number of halogens is 1. The molecular weight excluding hydrogens is 292 g/mol. The van der Waals surface area contributed by atoms with Crippen molar-refractivity contribution in [1.29, 1.82) is 0 Å².